The lowest BCUT2D eigenvalue weighted by atomic mass is 10.2. The molecule has 0 aliphatic rings. The van der Waals surface area contributed by atoms with Crippen molar-refractivity contribution in [1.29, 1.82) is 0 Å². The molecule has 0 saturated carbocycles. The molecule has 1 aromatic carbocycles. The molecule has 4 nitrogen and oxygen atoms in total. The van der Waals surface area contributed by atoms with Gasteiger partial charge in [0.15, 0.2) is 0 Å². The molecule has 2 aromatic rings. The van der Waals surface area contributed by atoms with Gasteiger partial charge in [0, 0.05) is 26.8 Å². The first-order valence-electron chi connectivity index (χ1n) is 5.91. The van der Waals surface area contributed by atoms with Crippen molar-refractivity contribution in [3.8, 4) is 0 Å². The first-order valence-corrected chi connectivity index (χ1v) is 5.91. The van der Waals surface area contributed by atoms with Crippen LogP contribution in [0.1, 0.15) is 17.8 Å². The van der Waals surface area contributed by atoms with Gasteiger partial charge in [0.25, 0.3) is 0 Å². The molecule has 0 unspecified atom stereocenters. The Morgan fingerprint density at radius 2 is 2.24 bits per heavy atom. The molecule has 17 heavy (non-hydrogen) atoms. The van der Waals surface area contributed by atoms with E-state index in [9.17, 15) is 0 Å². The maximum atomic E-state index is 5.63. The Morgan fingerprint density at radius 1 is 1.41 bits per heavy atom. The average Bonchev–Trinajstić information content (AvgIpc) is 2.65. The van der Waals surface area contributed by atoms with Gasteiger partial charge in [-0.05, 0) is 31.0 Å². The van der Waals surface area contributed by atoms with Crippen LogP contribution in [-0.2, 0) is 17.8 Å². The summed E-state index contributed by atoms with van der Waals surface area (Å²) in [4.78, 5) is 4.57. The van der Waals surface area contributed by atoms with Gasteiger partial charge >= 0.3 is 0 Å². The van der Waals surface area contributed by atoms with Crippen LogP contribution in [0.2, 0.25) is 0 Å². The van der Waals surface area contributed by atoms with Crippen molar-refractivity contribution in [2.45, 2.75) is 26.4 Å². The van der Waals surface area contributed by atoms with E-state index in [0.717, 1.165) is 36.5 Å². The number of aryl methyl sites for hydroxylation is 2. The molecule has 0 saturated heterocycles. The number of aromatic nitrogens is 2. The lowest BCUT2D eigenvalue weighted by Gasteiger charge is -2.06. The van der Waals surface area contributed by atoms with Crippen molar-refractivity contribution in [3.63, 3.8) is 0 Å². The smallest absolute Gasteiger partial charge is 0.106 e. The molecule has 0 aliphatic carbocycles. The van der Waals surface area contributed by atoms with E-state index in [1.54, 1.807) is 7.11 Å². The molecule has 1 aromatic heterocycles. The fourth-order valence-electron chi connectivity index (χ4n) is 2.07. The minimum absolute atomic E-state index is 0.561. The minimum atomic E-state index is 0.561. The number of nitrogens with zero attached hydrogens (tertiary/aromatic N) is 2. The quantitative estimate of drug-likeness (QED) is 0.802. The predicted molar refractivity (Wildman–Crippen MR) is 68.9 cm³/mol. The SMILES string of the molecule is COCCCn1c(C)nc2cc(CN)ccc21. The van der Waals surface area contributed by atoms with E-state index < -0.39 is 0 Å². The summed E-state index contributed by atoms with van der Waals surface area (Å²) < 4.78 is 7.31. The van der Waals surface area contributed by atoms with Crippen LogP contribution in [0, 0.1) is 6.92 Å². The maximum Gasteiger partial charge on any atom is 0.106 e. The molecule has 0 spiro atoms. The molecule has 0 amide bonds. The summed E-state index contributed by atoms with van der Waals surface area (Å²) in [5.41, 5.74) is 8.96. The molecule has 4 heteroatoms. The van der Waals surface area contributed by atoms with Crippen LogP contribution in [-0.4, -0.2) is 23.3 Å². The van der Waals surface area contributed by atoms with Crippen LogP contribution in [0.15, 0.2) is 18.2 Å². The van der Waals surface area contributed by atoms with E-state index in [-0.39, 0.29) is 0 Å². The Labute approximate surface area is 101 Å². The molecule has 0 fully saturated rings. The summed E-state index contributed by atoms with van der Waals surface area (Å²) in [6.07, 6.45) is 1.00. The van der Waals surface area contributed by atoms with E-state index in [2.05, 4.69) is 27.8 Å². The number of rotatable bonds is 5. The molecule has 1 heterocycles. The molecule has 0 bridgehead atoms. The third-order valence-electron chi connectivity index (χ3n) is 2.97. The minimum Gasteiger partial charge on any atom is -0.385 e. The molecule has 2 N–H and O–H groups in total. The second-order valence-corrected chi connectivity index (χ2v) is 4.18. The lowest BCUT2D eigenvalue weighted by Crippen LogP contribution is -2.03. The number of fused-ring (bicyclic) bond motifs is 1. The second-order valence-electron chi connectivity index (χ2n) is 4.18. The van der Waals surface area contributed by atoms with Crippen molar-refractivity contribution >= 4 is 11.0 Å². The number of hydrogen-bond acceptors (Lipinski definition) is 3. The van der Waals surface area contributed by atoms with Crippen LogP contribution in [0.3, 0.4) is 0 Å². The van der Waals surface area contributed by atoms with Crippen molar-refractivity contribution in [2.24, 2.45) is 5.73 Å². The fourth-order valence-corrected chi connectivity index (χ4v) is 2.07. The van der Waals surface area contributed by atoms with E-state index in [0.29, 0.717) is 6.54 Å². The highest BCUT2D eigenvalue weighted by Crippen LogP contribution is 2.18. The van der Waals surface area contributed by atoms with E-state index in [1.807, 2.05) is 6.92 Å². The molecule has 0 aliphatic heterocycles. The van der Waals surface area contributed by atoms with Crippen LogP contribution in [0.5, 0.6) is 0 Å². The van der Waals surface area contributed by atoms with Crippen molar-refractivity contribution < 1.29 is 4.74 Å². The summed E-state index contributed by atoms with van der Waals surface area (Å²) in [7, 11) is 1.73. The monoisotopic (exact) mass is 233 g/mol. The molecule has 2 rings (SSSR count). The lowest BCUT2D eigenvalue weighted by molar-refractivity contribution is 0.190. The number of ether oxygens (including phenoxy) is 1. The van der Waals surface area contributed by atoms with Gasteiger partial charge in [-0.3, -0.25) is 0 Å². The van der Waals surface area contributed by atoms with Gasteiger partial charge in [-0.1, -0.05) is 6.07 Å². The zero-order valence-electron chi connectivity index (χ0n) is 10.4. The van der Waals surface area contributed by atoms with Crippen LogP contribution >= 0.6 is 0 Å². The molecular weight excluding hydrogens is 214 g/mol. The third-order valence-corrected chi connectivity index (χ3v) is 2.97. The maximum absolute atomic E-state index is 5.63. The highest BCUT2D eigenvalue weighted by molar-refractivity contribution is 5.76. The highest BCUT2D eigenvalue weighted by Gasteiger charge is 2.07. The largest absolute Gasteiger partial charge is 0.385 e. The highest BCUT2D eigenvalue weighted by atomic mass is 16.5. The average molecular weight is 233 g/mol. The zero-order chi connectivity index (χ0) is 12.3. The first kappa shape index (κ1) is 12.1. The standard InChI is InChI=1S/C13H19N3O/c1-10-15-12-8-11(9-14)4-5-13(12)16(10)6-3-7-17-2/h4-5,8H,3,6-7,9,14H2,1-2H3. The van der Waals surface area contributed by atoms with Crippen LogP contribution in [0.4, 0.5) is 0 Å². The van der Waals surface area contributed by atoms with Gasteiger partial charge in [0.2, 0.25) is 0 Å². The van der Waals surface area contributed by atoms with Gasteiger partial charge in [-0.25, -0.2) is 4.98 Å². The summed E-state index contributed by atoms with van der Waals surface area (Å²) in [5.74, 6) is 1.05. The summed E-state index contributed by atoms with van der Waals surface area (Å²) in [6, 6.07) is 6.23. The number of nitrogens with two attached hydrogens (primary N) is 1. The Bertz CT molecular complexity index is 505. The van der Waals surface area contributed by atoms with Crippen molar-refractivity contribution in [1.82, 2.24) is 9.55 Å². The van der Waals surface area contributed by atoms with Crippen molar-refractivity contribution in [2.75, 3.05) is 13.7 Å². The Morgan fingerprint density at radius 3 is 2.94 bits per heavy atom. The normalized spacial score (nSPS) is 11.2. The van der Waals surface area contributed by atoms with Gasteiger partial charge in [-0.2, -0.15) is 0 Å². The molecule has 0 radical (unpaired) electrons. The van der Waals surface area contributed by atoms with Gasteiger partial charge in [0.1, 0.15) is 5.82 Å². The zero-order valence-corrected chi connectivity index (χ0v) is 10.4. The number of hydrogen-bond donors (Lipinski definition) is 1. The van der Waals surface area contributed by atoms with Crippen LogP contribution < -0.4 is 5.73 Å². The van der Waals surface area contributed by atoms with Gasteiger partial charge in [0.05, 0.1) is 11.0 Å². The summed E-state index contributed by atoms with van der Waals surface area (Å²) in [5, 5.41) is 0. The molecular formula is C13H19N3O. The van der Waals surface area contributed by atoms with E-state index in [1.165, 1.54) is 5.52 Å². The Balaban J connectivity index is 2.31. The van der Waals surface area contributed by atoms with E-state index >= 15 is 0 Å². The topological polar surface area (TPSA) is 53.1 Å². The van der Waals surface area contributed by atoms with Crippen LogP contribution in [0.25, 0.3) is 11.0 Å². The Hall–Kier alpha value is -1.39. The fraction of sp³-hybridized carbons (Fsp3) is 0.462. The van der Waals surface area contributed by atoms with Crippen molar-refractivity contribution in [3.05, 3.63) is 29.6 Å². The van der Waals surface area contributed by atoms with E-state index in [4.69, 9.17) is 10.5 Å². The third kappa shape index (κ3) is 2.48. The second kappa shape index (κ2) is 5.29. The molecule has 92 valence electrons. The first-order chi connectivity index (χ1) is 8.26. The molecule has 0 atom stereocenters. The summed E-state index contributed by atoms with van der Waals surface area (Å²) in [6.45, 7) is 4.32. The summed E-state index contributed by atoms with van der Waals surface area (Å²) >= 11 is 0. The predicted octanol–water partition coefficient (Wildman–Crippen LogP) is 1.84. The van der Waals surface area contributed by atoms with Gasteiger partial charge in [-0.15, -0.1) is 0 Å². The number of imidazole rings is 1. The number of benzene rings is 1. The Kier molecular flexibility index (Phi) is 3.76. The van der Waals surface area contributed by atoms with Gasteiger partial charge < -0.3 is 15.0 Å². The number of methoxy groups -OCH3 is 1.